The molecule has 0 spiro atoms. The lowest BCUT2D eigenvalue weighted by Crippen LogP contribution is -2.49. The summed E-state index contributed by atoms with van der Waals surface area (Å²) in [6.07, 6.45) is 2.20. The number of carbonyl (C=O) groups excluding carboxylic acids is 2. The van der Waals surface area contributed by atoms with Crippen molar-refractivity contribution in [3.63, 3.8) is 0 Å². The molecule has 1 saturated heterocycles. The highest BCUT2D eigenvalue weighted by Crippen LogP contribution is 2.10. The summed E-state index contributed by atoms with van der Waals surface area (Å²) < 4.78 is 0. The van der Waals surface area contributed by atoms with E-state index in [0.29, 0.717) is 17.1 Å². The van der Waals surface area contributed by atoms with Crippen molar-refractivity contribution in [3.8, 4) is 0 Å². The van der Waals surface area contributed by atoms with Crippen molar-refractivity contribution in [2.75, 3.05) is 0 Å². The van der Waals surface area contributed by atoms with Crippen LogP contribution in [0.1, 0.15) is 18.4 Å². The van der Waals surface area contributed by atoms with Crippen LogP contribution < -0.4 is 10.6 Å². The number of hydrogen-bond acceptors (Lipinski definition) is 4. The Kier molecular flexibility index (Phi) is 4.74. The van der Waals surface area contributed by atoms with Gasteiger partial charge in [-0.15, -0.1) is 0 Å². The van der Waals surface area contributed by atoms with Gasteiger partial charge in [-0.2, -0.15) is 0 Å². The van der Waals surface area contributed by atoms with Crippen molar-refractivity contribution in [2.24, 2.45) is 0 Å². The van der Waals surface area contributed by atoms with Crippen LogP contribution in [0.5, 0.6) is 0 Å². The van der Waals surface area contributed by atoms with Gasteiger partial charge in [0, 0.05) is 19.0 Å². The van der Waals surface area contributed by atoms with Crippen LogP contribution >= 0.6 is 11.6 Å². The van der Waals surface area contributed by atoms with Crippen LogP contribution in [-0.4, -0.2) is 40.0 Å². The number of aromatic nitrogens is 1. The number of carboxylic acids is 1. The second-order valence-electron chi connectivity index (χ2n) is 4.75. The van der Waals surface area contributed by atoms with E-state index >= 15 is 0 Å². The molecule has 7 nitrogen and oxygen atoms in total. The maximum Gasteiger partial charge on any atom is 0.326 e. The van der Waals surface area contributed by atoms with Crippen LogP contribution in [0.2, 0.25) is 5.15 Å². The van der Waals surface area contributed by atoms with Crippen LogP contribution in [0.25, 0.3) is 0 Å². The minimum Gasteiger partial charge on any atom is -0.480 e. The Labute approximate surface area is 125 Å². The fraction of sp³-hybridized carbons (Fsp3) is 0.385. The fourth-order valence-corrected chi connectivity index (χ4v) is 2.16. The quantitative estimate of drug-likeness (QED) is 0.670. The van der Waals surface area contributed by atoms with Crippen LogP contribution in [0, 0.1) is 0 Å². The molecule has 21 heavy (non-hydrogen) atoms. The van der Waals surface area contributed by atoms with Crippen LogP contribution in [0.3, 0.4) is 0 Å². The first-order valence-electron chi connectivity index (χ1n) is 6.38. The van der Waals surface area contributed by atoms with Crippen LogP contribution in [-0.2, 0) is 20.8 Å². The van der Waals surface area contributed by atoms with E-state index in [1.54, 1.807) is 12.1 Å². The van der Waals surface area contributed by atoms with Crippen molar-refractivity contribution in [2.45, 2.75) is 31.3 Å². The Hall–Kier alpha value is -2.15. The number of halogens is 1. The molecular formula is C13H14ClN3O4. The van der Waals surface area contributed by atoms with Gasteiger partial charge in [-0.25, -0.2) is 9.78 Å². The Morgan fingerprint density at radius 2 is 2.29 bits per heavy atom. The lowest BCUT2D eigenvalue weighted by atomic mass is 10.1. The highest BCUT2D eigenvalue weighted by molar-refractivity contribution is 6.29. The first kappa shape index (κ1) is 15.2. The molecule has 3 N–H and O–H groups in total. The highest BCUT2D eigenvalue weighted by Gasteiger charge is 2.30. The summed E-state index contributed by atoms with van der Waals surface area (Å²) in [4.78, 5) is 38.1. The van der Waals surface area contributed by atoms with E-state index < -0.39 is 24.0 Å². The molecule has 0 aliphatic carbocycles. The summed E-state index contributed by atoms with van der Waals surface area (Å²) in [6, 6.07) is 1.45. The van der Waals surface area contributed by atoms with Crippen molar-refractivity contribution in [1.82, 2.24) is 15.6 Å². The Morgan fingerprint density at radius 3 is 2.81 bits per heavy atom. The summed E-state index contributed by atoms with van der Waals surface area (Å²) in [5.41, 5.74) is 0.641. The number of amides is 2. The van der Waals surface area contributed by atoms with Crippen LogP contribution in [0.4, 0.5) is 0 Å². The van der Waals surface area contributed by atoms with Gasteiger partial charge in [-0.05, 0) is 18.1 Å². The molecule has 2 amide bonds. The Bertz CT molecular complexity index is 561. The molecule has 2 heterocycles. The topological polar surface area (TPSA) is 108 Å². The summed E-state index contributed by atoms with van der Waals surface area (Å²) >= 11 is 5.66. The monoisotopic (exact) mass is 311 g/mol. The lowest BCUT2D eigenvalue weighted by Gasteiger charge is -2.17. The Balaban J connectivity index is 1.99. The second kappa shape index (κ2) is 6.53. The molecule has 8 heteroatoms. The van der Waals surface area contributed by atoms with Gasteiger partial charge in [0.15, 0.2) is 0 Å². The summed E-state index contributed by atoms with van der Waals surface area (Å²) in [5, 5.41) is 14.4. The Morgan fingerprint density at radius 1 is 1.52 bits per heavy atom. The van der Waals surface area contributed by atoms with E-state index in [0.717, 1.165) is 0 Å². The number of carboxylic acid groups (broad SMARTS) is 1. The third-order valence-corrected chi connectivity index (χ3v) is 3.38. The standard InChI is InChI=1S/C13H14ClN3O4/c14-10-3-1-7(6-15-10)5-9(13(20)21)17-12(19)8-2-4-11(18)16-8/h1,3,6,8-9H,2,4-5H2,(H,16,18)(H,17,19)(H,20,21)/t8-,9-/m0/s1. The number of rotatable bonds is 5. The predicted molar refractivity (Wildman–Crippen MR) is 73.7 cm³/mol. The molecule has 1 aliphatic rings. The first-order valence-corrected chi connectivity index (χ1v) is 6.76. The number of carbonyl (C=O) groups is 3. The number of pyridine rings is 1. The molecule has 0 radical (unpaired) electrons. The highest BCUT2D eigenvalue weighted by atomic mass is 35.5. The van der Waals surface area contributed by atoms with E-state index in [1.807, 2.05) is 0 Å². The largest absolute Gasteiger partial charge is 0.480 e. The second-order valence-corrected chi connectivity index (χ2v) is 5.14. The zero-order valence-electron chi connectivity index (χ0n) is 11.0. The van der Waals surface area contributed by atoms with Crippen molar-refractivity contribution < 1.29 is 19.5 Å². The van der Waals surface area contributed by atoms with E-state index in [9.17, 15) is 19.5 Å². The predicted octanol–water partition coefficient (Wildman–Crippen LogP) is 0.125. The molecule has 2 rings (SSSR count). The fourth-order valence-electron chi connectivity index (χ4n) is 2.05. The summed E-state index contributed by atoms with van der Waals surface area (Å²) in [7, 11) is 0. The van der Waals surface area contributed by atoms with Gasteiger partial charge in [0.2, 0.25) is 11.8 Å². The molecule has 112 valence electrons. The molecule has 2 atom stereocenters. The molecule has 1 fully saturated rings. The molecular weight excluding hydrogens is 298 g/mol. The average molecular weight is 312 g/mol. The van der Waals surface area contributed by atoms with Gasteiger partial charge in [0.05, 0.1) is 0 Å². The molecule has 0 aromatic carbocycles. The zero-order valence-corrected chi connectivity index (χ0v) is 11.8. The van der Waals surface area contributed by atoms with E-state index in [1.165, 1.54) is 6.20 Å². The normalized spacial score (nSPS) is 18.9. The number of hydrogen-bond donors (Lipinski definition) is 3. The molecule has 1 aromatic rings. The SMILES string of the molecule is O=C1CC[C@@H](C(=O)N[C@@H](Cc2ccc(Cl)nc2)C(=O)O)N1. The maximum atomic E-state index is 11.9. The van der Waals surface area contributed by atoms with Gasteiger partial charge in [0.1, 0.15) is 17.2 Å². The van der Waals surface area contributed by atoms with Gasteiger partial charge >= 0.3 is 5.97 Å². The molecule has 0 unspecified atom stereocenters. The number of nitrogens with zero attached hydrogens (tertiary/aromatic N) is 1. The van der Waals surface area contributed by atoms with E-state index in [-0.39, 0.29) is 18.7 Å². The van der Waals surface area contributed by atoms with Crippen molar-refractivity contribution in [3.05, 3.63) is 29.0 Å². The third-order valence-electron chi connectivity index (χ3n) is 3.15. The van der Waals surface area contributed by atoms with E-state index in [2.05, 4.69) is 15.6 Å². The smallest absolute Gasteiger partial charge is 0.326 e. The van der Waals surface area contributed by atoms with Gasteiger partial charge in [0.25, 0.3) is 0 Å². The zero-order chi connectivity index (χ0) is 15.4. The summed E-state index contributed by atoms with van der Waals surface area (Å²) in [6.45, 7) is 0. The maximum absolute atomic E-state index is 11.9. The molecule has 0 saturated carbocycles. The van der Waals surface area contributed by atoms with Crippen molar-refractivity contribution in [1.29, 1.82) is 0 Å². The average Bonchev–Trinajstić information content (AvgIpc) is 2.87. The molecule has 0 bridgehead atoms. The third kappa shape index (κ3) is 4.16. The van der Waals surface area contributed by atoms with Gasteiger partial charge in [-0.1, -0.05) is 17.7 Å². The minimum atomic E-state index is -1.15. The summed E-state index contributed by atoms with van der Waals surface area (Å²) in [5.74, 6) is -1.85. The first-order chi connectivity index (χ1) is 9.95. The van der Waals surface area contributed by atoms with E-state index in [4.69, 9.17) is 11.6 Å². The van der Waals surface area contributed by atoms with Gasteiger partial charge < -0.3 is 15.7 Å². The lowest BCUT2D eigenvalue weighted by molar-refractivity contribution is -0.142. The van der Waals surface area contributed by atoms with Gasteiger partial charge in [-0.3, -0.25) is 9.59 Å². The molecule has 1 aliphatic heterocycles. The minimum absolute atomic E-state index is 0.0892. The van der Waals surface area contributed by atoms with Crippen LogP contribution in [0.15, 0.2) is 18.3 Å². The number of nitrogens with one attached hydrogen (secondary N) is 2. The van der Waals surface area contributed by atoms with Crippen molar-refractivity contribution >= 4 is 29.4 Å². The molecule has 1 aromatic heterocycles. The number of aliphatic carboxylic acids is 1.